The van der Waals surface area contributed by atoms with Crippen LogP contribution in [0.4, 0.5) is 5.69 Å². The first kappa shape index (κ1) is 12.7. The lowest BCUT2D eigenvalue weighted by atomic mass is 10.1. The number of amides is 1. The Balaban J connectivity index is 2.15. The number of morpholine rings is 1. The van der Waals surface area contributed by atoms with Gasteiger partial charge < -0.3 is 15.4 Å². The summed E-state index contributed by atoms with van der Waals surface area (Å²) < 4.78 is 5.19. The number of carbonyl (C=O) groups is 1. The number of benzene rings is 1. The van der Waals surface area contributed by atoms with Crippen molar-refractivity contribution in [3.05, 3.63) is 28.8 Å². The van der Waals surface area contributed by atoms with Gasteiger partial charge in [0.25, 0.3) is 5.91 Å². The van der Waals surface area contributed by atoms with E-state index in [1.54, 1.807) is 23.1 Å². The molecule has 94 valence electrons. The minimum Gasteiger partial charge on any atom is -0.398 e. The van der Waals surface area contributed by atoms with Gasteiger partial charge in [0.1, 0.15) is 0 Å². The van der Waals surface area contributed by atoms with E-state index in [1.165, 1.54) is 0 Å². The fourth-order valence-corrected chi connectivity index (χ4v) is 1.89. The van der Waals surface area contributed by atoms with Gasteiger partial charge in [0.05, 0.1) is 29.9 Å². The number of nitriles is 1. The van der Waals surface area contributed by atoms with Crippen molar-refractivity contribution in [2.45, 2.75) is 6.10 Å². The predicted molar refractivity (Wildman–Crippen MR) is 67.1 cm³/mol. The number of nitrogen functional groups attached to an aromatic ring is 1. The summed E-state index contributed by atoms with van der Waals surface area (Å²) >= 11 is 5.80. The zero-order valence-electron chi connectivity index (χ0n) is 9.60. The standard InChI is InChI=1S/C12H12ClN3O2/c13-10-2-1-8(5-11(10)15)12(17)16-3-4-18-9(6-14)7-16/h1-2,5,9H,3-4,7,15H2. The molecule has 1 amide bonds. The quantitative estimate of drug-likeness (QED) is 0.776. The van der Waals surface area contributed by atoms with Gasteiger partial charge in [-0.3, -0.25) is 4.79 Å². The van der Waals surface area contributed by atoms with Gasteiger partial charge in [0, 0.05) is 12.1 Å². The monoisotopic (exact) mass is 265 g/mol. The number of anilines is 1. The summed E-state index contributed by atoms with van der Waals surface area (Å²) in [6.07, 6.45) is -0.563. The van der Waals surface area contributed by atoms with Crippen LogP contribution in [0, 0.1) is 11.3 Å². The molecule has 1 aromatic rings. The van der Waals surface area contributed by atoms with Crippen LogP contribution in [0.25, 0.3) is 0 Å². The van der Waals surface area contributed by atoms with Crippen LogP contribution in [0.15, 0.2) is 18.2 Å². The maximum Gasteiger partial charge on any atom is 0.254 e. The molecule has 0 bridgehead atoms. The molecule has 2 N–H and O–H groups in total. The third-order valence-electron chi connectivity index (χ3n) is 2.74. The molecule has 1 atom stereocenters. The fourth-order valence-electron chi connectivity index (χ4n) is 1.77. The lowest BCUT2D eigenvalue weighted by Gasteiger charge is -2.29. The number of hydrogen-bond donors (Lipinski definition) is 1. The normalized spacial score (nSPS) is 19.3. The van der Waals surface area contributed by atoms with Crippen molar-refractivity contribution in [2.75, 3.05) is 25.4 Å². The van der Waals surface area contributed by atoms with Gasteiger partial charge in [0.15, 0.2) is 6.10 Å². The highest BCUT2D eigenvalue weighted by molar-refractivity contribution is 6.33. The molecule has 1 unspecified atom stereocenters. The van der Waals surface area contributed by atoms with Gasteiger partial charge in [-0.15, -0.1) is 0 Å². The molecule has 1 aliphatic rings. The van der Waals surface area contributed by atoms with E-state index in [-0.39, 0.29) is 12.5 Å². The molecule has 18 heavy (non-hydrogen) atoms. The van der Waals surface area contributed by atoms with Gasteiger partial charge in [0.2, 0.25) is 0 Å². The molecule has 0 radical (unpaired) electrons. The molecule has 0 spiro atoms. The summed E-state index contributed by atoms with van der Waals surface area (Å²) in [5, 5.41) is 9.21. The van der Waals surface area contributed by atoms with E-state index in [0.717, 1.165) is 0 Å². The second-order valence-corrected chi connectivity index (χ2v) is 4.38. The van der Waals surface area contributed by atoms with Crippen LogP contribution in [0.3, 0.4) is 0 Å². The summed E-state index contributed by atoms with van der Waals surface area (Å²) in [7, 11) is 0. The van der Waals surface area contributed by atoms with Crippen molar-refractivity contribution in [3.8, 4) is 6.07 Å². The van der Waals surface area contributed by atoms with Crippen LogP contribution in [0.1, 0.15) is 10.4 Å². The first-order chi connectivity index (χ1) is 8.61. The number of ether oxygens (including phenoxy) is 1. The molecule has 1 saturated heterocycles. The molecule has 0 aromatic heterocycles. The number of nitrogens with zero attached hydrogens (tertiary/aromatic N) is 2. The lowest BCUT2D eigenvalue weighted by molar-refractivity contribution is 0.00347. The van der Waals surface area contributed by atoms with Gasteiger partial charge in [-0.05, 0) is 18.2 Å². The molecule has 1 aromatic carbocycles. The third-order valence-corrected chi connectivity index (χ3v) is 3.08. The first-order valence-corrected chi connectivity index (χ1v) is 5.85. The molecule has 1 heterocycles. The van der Waals surface area contributed by atoms with Crippen molar-refractivity contribution < 1.29 is 9.53 Å². The van der Waals surface area contributed by atoms with Crippen LogP contribution < -0.4 is 5.73 Å². The van der Waals surface area contributed by atoms with Crippen molar-refractivity contribution >= 4 is 23.2 Å². The van der Waals surface area contributed by atoms with Crippen molar-refractivity contribution in [1.82, 2.24) is 4.90 Å². The van der Waals surface area contributed by atoms with E-state index in [2.05, 4.69) is 0 Å². The molecule has 6 heteroatoms. The second-order valence-electron chi connectivity index (χ2n) is 3.98. The van der Waals surface area contributed by atoms with Crippen molar-refractivity contribution in [2.24, 2.45) is 0 Å². The number of carbonyl (C=O) groups excluding carboxylic acids is 1. The van der Waals surface area contributed by atoms with E-state index in [0.29, 0.717) is 29.4 Å². The molecular formula is C12H12ClN3O2. The largest absolute Gasteiger partial charge is 0.398 e. The molecule has 2 rings (SSSR count). The summed E-state index contributed by atoms with van der Waals surface area (Å²) in [5.74, 6) is -0.165. The van der Waals surface area contributed by atoms with Crippen LogP contribution in [0.2, 0.25) is 5.02 Å². The maximum absolute atomic E-state index is 12.2. The Hall–Kier alpha value is -1.77. The smallest absolute Gasteiger partial charge is 0.254 e. The summed E-state index contributed by atoms with van der Waals surface area (Å²) in [4.78, 5) is 13.8. The van der Waals surface area contributed by atoms with Gasteiger partial charge in [-0.1, -0.05) is 11.6 Å². The van der Waals surface area contributed by atoms with E-state index < -0.39 is 6.10 Å². The van der Waals surface area contributed by atoms with Gasteiger partial charge >= 0.3 is 0 Å². The Morgan fingerprint density at radius 3 is 3.06 bits per heavy atom. The van der Waals surface area contributed by atoms with Crippen molar-refractivity contribution in [3.63, 3.8) is 0 Å². The van der Waals surface area contributed by atoms with E-state index >= 15 is 0 Å². The van der Waals surface area contributed by atoms with Gasteiger partial charge in [-0.25, -0.2) is 0 Å². The highest BCUT2D eigenvalue weighted by atomic mass is 35.5. The Bertz CT molecular complexity index is 513. The summed E-state index contributed by atoms with van der Waals surface area (Å²) in [6, 6.07) is 6.75. The highest BCUT2D eigenvalue weighted by Gasteiger charge is 2.24. The zero-order chi connectivity index (χ0) is 13.1. The Labute approximate surface area is 110 Å². The number of rotatable bonds is 1. The van der Waals surface area contributed by atoms with E-state index in [9.17, 15) is 4.79 Å². The minimum absolute atomic E-state index is 0.165. The molecule has 0 saturated carbocycles. The Morgan fingerprint density at radius 2 is 2.39 bits per heavy atom. The average molecular weight is 266 g/mol. The summed E-state index contributed by atoms with van der Waals surface area (Å²) in [5.41, 5.74) is 6.50. The van der Waals surface area contributed by atoms with Crippen molar-refractivity contribution in [1.29, 1.82) is 5.26 Å². The fraction of sp³-hybridized carbons (Fsp3) is 0.333. The Kier molecular flexibility index (Phi) is 3.70. The van der Waals surface area contributed by atoms with Crippen LogP contribution in [-0.2, 0) is 4.74 Å². The number of halogens is 1. The topological polar surface area (TPSA) is 79.4 Å². The number of hydrogen-bond acceptors (Lipinski definition) is 4. The SMILES string of the molecule is N#CC1CN(C(=O)c2ccc(Cl)c(N)c2)CCO1. The lowest BCUT2D eigenvalue weighted by Crippen LogP contribution is -2.45. The molecule has 0 aliphatic carbocycles. The predicted octanol–water partition coefficient (Wildman–Crippen LogP) is 1.29. The third kappa shape index (κ3) is 2.55. The second kappa shape index (κ2) is 5.25. The van der Waals surface area contributed by atoms with Crippen LogP contribution in [-0.4, -0.2) is 36.6 Å². The van der Waals surface area contributed by atoms with E-state index in [1.807, 2.05) is 6.07 Å². The highest BCUT2D eigenvalue weighted by Crippen LogP contribution is 2.21. The number of nitrogens with two attached hydrogens (primary N) is 1. The molecular weight excluding hydrogens is 254 g/mol. The minimum atomic E-state index is -0.563. The Morgan fingerprint density at radius 1 is 1.61 bits per heavy atom. The van der Waals surface area contributed by atoms with Gasteiger partial charge in [-0.2, -0.15) is 5.26 Å². The van der Waals surface area contributed by atoms with Crippen LogP contribution in [0.5, 0.6) is 0 Å². The summed E-state index contributed by atoms with van der Waals surface area (Å²) in [6.45, 7) is 1.12. The zero-order valence-corrected chi connectivity index (χ0v) is 10.4. The first-order valence-electron chi connectivity index (χ1n) is 5.47. The molecule has 1 aliphatic heterocycles. The maximum atomic E-state index is 12.2. The average Bonchev–Trinajstić information content (AvgIpc) is 2.41. The molecule has 5 nitrogen and oxygen atoms in total. The molecule has 1 fully saturated rings. The van der Waals surface area contributed by atoms with Crippen LogP contribution >= 0.6 is 11.6 Å². The van der Waals surface area contributed by atoms with E-state index in [4.69, 9.17) is 27.3 Å².